The van der Waals surface area contributed by atoms with Crippen LogP contribution in [-0.2, 0) is 31.7 Å². The van der Waals surface area contributed by atoms with Crippen molar-refractivity contribution < 1.29 is 33.1 Å². The molecule has 11 nitrogen and oxygen atoms in total. The Balaban J connectivity index is 1.12. The number of Topliss-reactive ketones (excluding diaryl/α,β-unsaturated/α-hetero) is 1. The molecule has 1 spiro atoms. The Bertz CT molecular complexity index is 1720. The number of piperidine rings is 1. The molecule has 5 atom stereocenters. The van der Waals surface area contributed by atoms with Gasteiger partial charge < -0.3 is 24.1 Å². The van der Waals surface area contributed by atoms with Crippen molar-refractivity contribution in [1.82, 2.24) is 20.4 Å². The molecule has 1 N–H and O–H groups in total. The fourth-order valence-corrected chi connectivity index (χ4v) is 8.48. The molecule has 0 radical (unpaired) electrons. The van der Waals surface area contributed by atoms with Gasteiger partial charge >= 0.3 is 12.1 Å². The Morgan fingerprint density at radius 2 is 1.93 bits per heavy atom. The average molecular weight is 627 g/mol. The lowest BCUT2D eigenvalue weighted by atomic mass is 9.54. The highest BCUT2D eigenvalue weighted by molar-refractivity contribution is 5.89. The molecule has 2 bridgehead atoms. The number of ether oxygens (including phenoxy) is 3. The summed E-state index contributed by atoms with van der Waals surface area (Å²) < 4.78 is 24.0. The summed E-state index contributed by atoms with van der Waals surface area (Å²) >= 11 is 0. The first-order valence-corrected chi connectivity index (χ1v) is 16.3. The number of alkyl carbamates (subject to hydrolysis) is 1. The molecular formula is C35H38N4O7. The Kier molecular flexibility index (Phi) is 6.75. The van der Waals surface area contributed by atoms with Crippen LogP contribution in [0.3, 0.4) is 0 Å². The van der Waals surface area contributed by atoms with E-state index in [0.29, 0.717) is 36.1 Å². The maximum absolute atomic E-state index is 13.9. The van der Waals surface area contributed by atoms with Crippen molar-refractivity contribution in [3.63, 3.8) is 0 Å². The van der Waals surface area contributed by atoms with Gasteiger partial charge in [-0.1, -0.05) is 41.6 Å². The van der Waals surface area contributed by atoms with Crippen LogP contribution in [-0.4, -0.2) is 64.2 Å². The molecule has 2 saturated carbocycles. The van der Waals surface area contributed by atoms with Gasteiger partial charge in [0, 0.05) is 43.0 Å². The number of carbonyl (C=O) groups excluding carboxylic acids is 3. The van der Waals surface area contributed by atoms with Crippen LogP contribution in [0.5, 0.6) is 11.5 Å². The van der Waals surface area contributed by atoms with Crippen LogP contribution in [0.1, 0.15) is 69.9 Å². The number of rotatable bonds is 7. The Labute approximate surface area is 267 Å². The third-order valence-corrected chi connectivity index (χ3v) is 10.6. The van der Waals surface area contributed by atoms with E-state index in [4.69, 9.17) is 18.7 Å². The van der Waals surface area contributed by atoms with Gasteiger partial charge in [0.05, 0.1) is 5.41 Å². The molecule has 46 heavy (non-hydrogen) atoms. The molecule has 3 heterocycles. The highest BCUT2D eigenvalue weighted by Gasteiger charge is 2.68. The molecule has 5 aliphatic rings. The minimum Gasteiger partial charge on any atom is -0.477 e. The molecule has 8 rings (SSSR count). The molecule has 1 saturated heterocycles. The quantitative estimate of drug-likeness (QED) is 0.290. The molecule has 2 aromatic carbocycles. The van der Waals surface area contributed by atoms with Gasteiger partial charge in [0.15, 0.2) is 23.4 Å². The molecule has 3 aromatic rings. The normalized spacial score (nSPS) is 28.1. The summed E-state index contributed by atoms with van der Waals surface area (Å²) in [5.41, 5.74) is 1.16. The SMILES string of the molecule is CC(=O)Oc1ccc2c3c1O[C@H]1C(=O)CC[C@H](OC(=O)NC(C)(C)c4nc(-c5ccccc5)no4)[C@@H]4[C@@H](C2)N(CC2CC2)CC[C@@]341. The van der Waals surface area contributed by atoms with E-state index in [0.717, 1.165) is 36.2 Å². The zero-order valence-corrected chi connectivity index (χ0v) is 26.3. The first-order chi connectivity index (χ1) is 22.1. The minimum absolute atomic E-state index is 0.0108. The number of hydrogen-bond acceptors (Lipinski definition) is 10. The fraction of sp³-hybridized carbons (Fsp3) is 0.514. The second-order valence-electron chi connectivity index (χ2n) is 14.0. The largest absolute Gasteiger partial charge is 0.477 e. The van der Waals surface area contributed by atoms with E-state index in [1.165, 1.54) is 19.8 Å². The number of amides is 1. The van der Waals surface area contributed by atoms with Gasteiger partial charge in [-0.15, -0.1) is 0 Å². The van der Waals surface area contributed by atoms with Crippen molar-refractivity contribution in [2.45, 2.75) is 88.5 Å². The highest BCUT2D eigenvalue weighted by atomic mass is 16.6. The van der Waals surface area contributed by atoms with Crippen molar-refractivity contribution in [2.24, 2.45) is 11.8 Å². The average Bonchev–Trinajstić information content (AvgIpc) is 3.59. The highest BCUT2D eigenvalue weighted by Crippen LogP contribution is 2.63. The van der Waals surface area contributed by atoms with Crippen molar-refractivity contribution in [1.29, 1.82) is 0 Å². The van der Waals surface area contributed by atoms with Crippen LogP contribution < -0.4 is 14.8 Å². The lowest BCUT2D eigenvalue weighted by Gasteiger charge is -2.56. The summed E-state index contributed by atoms with van der Waals surface area (Å²) in [4.78, 5) is 46.7. The van der Waals surface area contributed by atoms with Crippen LogP contribution in [0.4, 0.5) is 4.79 Å². The summed E-state index contributed by atoms with van der Waals surface area (Å²) in [6, 6.07) is 13.4. The van der Waals surface area contributed by atoms with Crippen LogP contribution in [0, 0.1) is 11.8 Å². The van der Waals surface area contributed by atoms with Crippen molar-refractivity contribution >= 4 is 17.8 Å². The van der Waals surface area contributed by atoms with Gasteiger partial charge in [-0.2, -0.15) is 4.98 Å². The molecule has 240 valence electrons. The number of likely N-dealkylation sites (tertiary alicyclic amines) is 1. The number of carbonyl (C=O) groups is 3. The van der Waals surface area contributed by atoms with E-state index in [1.54, 1.807) is 19.9 Å². The number of ketones is 1. The molecule has 11 heteroatoms. The van der Waals surface area contributed by atoms with Crippen molar-refractivity contribution in [3.05, 3.63) is 59.5 Å². The topological polar surface area (TPSA) is 133 Å². The Morgan fingerprint density at radius 3 is 2.70 bits per heavy atom. The molecule has 3 aliphatic carbocycles. The summed E-state index contributed by atoms with van der Waals surface area (Å²) in [6.07, 6.45) is 2.64. The monoisotopic (exact) mass is 626 g/mol. The smallest absolute Gasteiger partial charge is 0.408 e. The van der Waals surface area contributed by atoms with Gasteiger partial charge in [-0.3, -0.25) is 14.5 Å². The van der Waals surface area contributed by atoms with Crippen LogP contribution in [0.15, 0.2) is 47.0 Å². The molecule has 0 unspecified atom stereocenters. The number of hydrogen-bond donors (Lipinski definition) is 1. The summed E-state index contributed by atoms with van der Waals surface area (Å²) in [5, 5.41) is 7.08. The van der Waals surface area contributed by atoms with E-state index in [-0.39, 0.29) is 30.1 Å². The van der Waals surface area contributed by atoms with Crippen molar-refractivity contribution in [3.8, 4) is 22.9 Å². The van der Waals surface area contributed by atoms with Gasteiger partial charge in [0.1, 0.15) is 11.6 Å². The van der Waals surface area contributed by atoms with Gasteiger partial charge in [-0.25, -0.2) is 4.79 Å². The number of aromatic nitrogens is 2. The number of nitrogens with one attached hydrogen (secondary N) is 1. The molecule has 2 aliphatic heterocycles. The van der Waals surface area contributed by atoms with E-state index >= 15 is 0 Å². The Morgan fingerprint density at radius 1 is 1.13 bits per heavy atom. The lowest BCUT2D eigenvalue weighted by Crippen LogP contribution is -2.66. The maximum Gasteiger partial charge on any atom is 0.408 e. The number of benzene rings is 2. The van der Waals surface area contributed by atoms with Crippen molar-refractivity contribution in [2.75, 3.05) is 13.1 Å². The molecular weight excluding hydrogens is 588 g/mol. The zero-order chi connectivity index (χ0) is 31.8. The standard InChI is InChI=1S/C35H38N4O7/c1-19(40)43-26-13-11-22-17-23-28-25(44-33(42)37-34(2,3)32-36-31(38-46-32)21-7-5-4-6-8-21)14-12-24(41)30-35(28,27(22)29(26)45-30)15-16-39(23)18-20-9-10-20/h4-8,11,13,20,23,25,28,30H,9-10,12,14-18H2,1-3H3,(H,37,42)/t23-,25+,28+,30+,35-/m1/s1. The van der Waals surface area contributed by atoms with E-state index in [1.807, 2.05) is 36.4 Å². The second kappa shape index (κ2) is 10.7. The van der Waals surface area contributed by atoms with Crippen LogP contribution in [0.2, 0.25) is 0 Å². The van der Waals surface area contributed by atoms with E-state index in [2.05, 4.69) is 20.4 Å². The maximum atomic E-state index is 13.9. The van der Waals surface area contributed by atoms with Gasteiger partial charge in [0.25, 0.3) is 5.89 Å². The first-order valence-electron chi connectivity index (χ1n) is 16.3. The predicted molar refractivity (Wildman–Crippen MR) is 164 cm³/mol. The van der Waals surface area contributed by atoms with Crippen LogP contribution in [0.25, 0.3) is 11.4 Å². The van der Waals surface area contributed by atoms with E-state index < -0.39 is 35.2 Å². The lowest BCUT2D eigenvalue weighted by molar-refractivity contribution is -0.132. The molecule has 1 amide bonds. The third-order valence-electron chi connectivity index (χ3n) is 10.6. The minimum atomic E-state index is -1.02. The zero-order valence-electron chi connectivity index (χ0n) is 26.3. The van der Waals surface area contributed by atoms with Gasteiger partial charge in [0.2, 0.25) is 5.82 Å². The summed E-state index contributed by atoms with van der Waals surface area (Å²) in [6.45, 7) is 6.77. The summed E-state index contributed by atoms with van der Waals surface area (Å²) in [7, 11) is 0. The molecule has 3 fully saturated rings. The van der Waals surface area contributed by atoms with Crippen LogP contribution >= 0.6 is 0 Å². The Hall–Kier alpha value is -4.25. The second-order valence-corrected chi connectivity index (χ2v) is 14.0. The molecule has 1 aromatic heterocycles. The third kappa shape index (κ3) is 4.70. The first kappa shape index (κ1) is 29.2. The summed E-state index contributed by atoms with van der Waals surface area (Å²) in [5.74, 6) is 1.55. The predicted octanol–water partition coefficient (Wildman–Crippen LogP) is 4.71. The number of esters is 1. The number of nitrogens with zero attached hydrogens (tertiary/aromatic N) is 3. The fourth-order valence-electron chi connectivity index (χ4n) is 8.48. The van der Waals surface area contributed by atoms with E-state index in [9.17, 15) is 14.4 Å². The van der Waals surface area contributed by atoms with Gasteiger partial charge in [-0.05, 0) is 70.0 Å².